The zero-order valence-electron chi connectivity index (χ0n) is 13.0. The number of carbonyl (C=O) groups is 1. The van der Waals surface area contributed by atoms with Gasteiger partial charge in [-0.2, -0.15) is 4.99 Å². The van der Waals surface area contributed by atoms with Gasteiger partial charge in [0.25, 0.3) is 5.91 Å². The van der Waals surface area contributed by atoms with Crippen molar-refractivity contribution < 1.29 is 22.3 Å². The topological polar surface area (TPSA) is 76.0 Å². The number of thioether (sulfide) groups is 1. The normalized spacial score (nSPS) is 26.8. The summed E-state index contributed by atoms with van der Waals surface area (Å²) in [5.41, 5.74) is 0.828. The summed E-state index contributed by atoms with van der Waals surface area (Å²) in [5, 5.41) is 0.371. The van der Waals surface area contributed by atoms with Crippen molar-refractivity contribution in [3.05, 3.63) is 35.6 Å². The summed E-state index contributed by atoms with van der Waals surface area (Å²) in [4.78, 5) is 17.7. The maximum Gasteiger partial charge on any atom is 0.274 e. The van der Waals surface area contributed by atoms with Gasteiger partial charge >= 0.3 is 0 Å². The number of benzene rings is 1. The Bertz CT molecular complexity index is 764. The molecule has 0 unspecified atom stereocenters. The van der Waals surface area contributed by atoms with Crippen LogP contribution in [0.3, 0.4) is 0 Å². The number of aliphatic imine (C=N–C) groups is 1. The highest BCUT2D eigenvalue weighted by Gasteiger charge is 2.48. The summed E-state index contributed by atoms with van der Waals surface area (Å²) < 4.78 is 41.7. The van der Waals surface area contributed by atoms with E-state index >= 15 is 0 Å². The summed E-state index contributed by atoms with van der Waals surface area (Å²) in [6, 6.07) is 5.78. The third-order valence-electron chi connectivity index (χ3n) is 3.93. The van der Waals surface area contributed by atoms with Crippen molar-refractivity contribution in [2.45, 2.75) is 17.8 Å². The minimum absolute atomic E-state index is 0.0450. The molecule has 2 aliphatic heterocycles. The minimum atomic E-state index is -3.09. The molecular weight excluding hydrogens is 355 g/mol. The van der Waals surface area contributed by atoms with Gasteiger partial charge < -0.3 is 9.64 Å². The van der Waals surface area contributed by atoms with E-state index in [0.717, 1.165) is 5.56 Å². The molecule has 0 saturated carbocycles. The first-order chi connectivity index (χ1) is 11.4. The number of sulfone groups is 1. The highest BCUT2D eigenvalue weighted by molar-refractivity contribution is 8.15. The van der Waals surface area contributed by atoms with Crippen molar-refractivity contribution in [3.8, 4) is 0 Å². The van der Waals surface area contributed by atoms with Gasteiger partial charge in [-0.1, -0.05) is 23.9 Å². The predicted molar refractivity (Wildman–Crippen MR) is 90.1 cm³/mol. The highest BCUT2D eigenvalue weighted by Crippen LogP contribution is 2.39. The van der Waals surface area contributed by atoms with E-state index in [0.29, 0.717) is 11.7 Å². The largest absolute Gasteiger partial charge is 0.375 e. The van der Waals surface area contributed by atoms with E-state index in [-0.39, 0.29) is 35.2 Å². The second-order valence-electron chi connectivity index (χ2n) is 5.78. The van der Waals surface area contributed by atoms with Crippen LogP contribution in [0.4, 0.5) is 4.39 Å². The van der Waals surface area contributed by atoms with E-state index in [1.165, 1.54) is 31.0 Å². The summed E-state index contributed by atoms with van der Waals surface area (Å²) in [7, 11) is -1.67. The van der Waals surface area contributed by atoms with Gasteiger partial charge in [-0.3, -0.25) is 4.79 Å². The maximum atomic E-state index is 13.1. The monoisotopic (exact) mass is 372 g/mol. The lowest BCUT2D eigenvalue weighted by atomic mass is 10.1. The second kappa shape index (κ2) is 6.81. The molecule has 130 valence electrons. The van der Waals surface area contributed by atoms with Crippen LogP contribution in [-0.4, -0.2) is 60.9 Å². The standard InChI is InChI=1S/C15H17FN2O4S2/c1-22-7-14(19)17-15-18(6-10-2-4-11(16)5-3-10)12-8-24(20,21)9-13(12)23-15/h2-5,12-13H,6-9H2,1H3/t12-,13-/m0/s1. The Hall–Kier alpha value is -1.45. The van der Waals surface area contributed by atoms with E-state index in [2.05, 4.69) is 4.99 Å². The SMILES string of the molecule is COCC(=O)N=C1S[C@H]2CS(=O)(=O)C[C@@H]2N1Cc1ccc(F)cc1. The average Bonchev–Trinajstić information content (AvgIpc) is 2.95. The number of hydrogen-bond donors (Lipinski definition) is 0. The summed E-state index contributed by atoms with van der Waals surface area (Å²) in [6.45, 7) is 0.255. The summed E-state index contributed by atoms with van der Waals surface area (Å²) in [6.07, 6.45) is 0. The van der Waals surface area contributed by atoms with Crippen molar-refractivity contribution in [3.63, 3.8) is 0 Å². The van der Waals surface area contributed by atoms with Crippen LogP contribution >= 0.6 is 11.8 Å². The van der Waals surface area contributed by atoms with E-state index in [1.54, 1.807) is 12.1 Å². The number of amidine groups is 1. The highest BCUT2D eigenvalue weighted by atomic mass is 32.2. The van der Waals surface area contributed by atoms with E-state index in [1.807, 2.05) is 4.90 Å². The Morgan fingerprint density at radius 3 is 2.75 bits per heavy atom. The molecule has 1 aromatic carbocycles. The second-order valence-corrected chi connectivity index (χ2v) is 9.14. The number of methoxy groups -OCH3 is 1. The van der Waals surface area contributed by atoms with Crippen LogP contribution in [-0.2, 0) is 25.9 Å². The van der Waals surface area contributed by atoms with Gasteiger partial charge in [-0.05, 0) is 17.7 Å². The van der Waals surface area contributed by atoms with Crippen molar-refractivity contribution in [2.24, 2.45) is 4.99 Å². The molecule has 24 heavy (non-hydrogen) atoms. The third kappa shape index (κ3) is 3.79. The zero-order valence-corrected chi connectivity index (χ0v) is 14.6. The molecule has 0 bridgehead atoms. The molecule has 2 saturated heterocycles. The van der Waals surface area contributed by atoms with Gasteiger partial charge in [0.15, 0.2) is 15.0 Å². The summed E-state index contributed by atoms with van der Waals surface area (Å²) >= 11 is 1.31. The molecule has 0 aromatic heterocycles. The first-order valence-electron chi connectivity index (χ1n) is 7.36. The number of amides is 1. The Labute approximate surface area is 144 Å². The number of carbonyl (C=O) groups excluding carboxylic acids is 1. The van der Waals surface area contributed by atoms with Crippen LogP contribution < -0.4 is 0 Å². The molecule has 1 aromatic rings. The van der Waals surface area contributed by atoms with Gasteiger partial charge in [-0.25, -0.2) is 12.8 Å². The fraction of sp³-hybridized carbons (Fsp3) is 0.467. The van der Waals surface area contributed by atoms with Crippen molar-refractivity contribution in [2.75, 3.05) is 25.2 Å². The van der Waals surface area contributed by atoms with E-state index in [4.69, 9.17) is 4.74 Å². The number of rotatable bonds is 4. The minimum Gasteiger partial charge on any atom is -0.375 e. The molecule has 2 heterocycles. The molecule has 3 rings (SSSR count). The van der Waals surface area contributed by atoms with Gasteiger partial charge in [-0.15, -0.1) is 0 Å². The molecule has 2 fully saturated rings. The quantitative estimate of drug-likeness (QED) is 0.787. The lowest BCUT2D eigenvalue weighted by molar-refractivity contribution is -0.121. The molecular formula is C15H17FN2O4S2. The molecule has 0 aliphatic carbocycles. The molecule has 0 radical (unpaired) electrons. The molecule has 9 heteroatoms. The molecule has 0 N–H and O–H groups in total. The first-order valence-corrected chi connectivity index (χ1v) is 10.1. The fourth-order valence-corrected chi connectivity index (χ4v) is 6.84. The van der Waals surface area contributed by atoms with Crippen molar-refractivity contribution in [1.29, 1.82) is 0 Å². The molecule has 2 aliphatic rings. The van der Waals surface area contributed by atoms with Gasteiger partial charge in [0.2, 0.25) is 0 Å². The van der Waals surface area contributed by atoms with Gasteiger partial charge in [0.05, 0.1) is 17.5 Å². The van der Waals surface area contributed by atoms with Gasteiger partial charge in [0, 0.05) is 18.9 Å². The molecule has 2 atom stereocenters. The van der Waals surface area contributed by atoms with Crippen molar-refractivity contribution >= 4 is 32.7 Å². The molecule has 6 nitrogen and oxygen atoms in total. The molecule has 0 spiro atoms. The lowest BCUT2D eigenvalue weighted by Gasteiger charge is -2.24. The number of ether oxygens (including phenoxy) is 1. The first kappa shape index (κ1) is 17.4. The average molecular weight is 372 g/mol. The van der Waals surface area contributed by atoms with Crippen LogP contribution in [0.1, 0.15) is 5.56 Å². The van der Waals surface area contributed by atoms with Crippen LogP contribution in [0, 0.1) is 5.82 Å². The number of nitrogens with zero attached hydrogens (tertiary/aromatic N) is 2. The molecule has 1 amide bonds. The number of fused-ring (bicyclic) bond motifs is 1. The van der Waals surface area contributed by atoms with E-state index < -0.39 is 15.7 Å². The van der Waals surface area contributed by atoms with Crippen LogP contribution in [0.15, 0.2) is 29.3 Å². The predicted octanol–water partition coefficient (Wildman–Crippen LogP) is 1.07. The summed E-state index contributed by atoms with van der Waals surface area (Å²) in [5.74, 6) is -0.615. The maximum absolute atomic E-state index is 13.1. The van der Waals surface area contributed by atoms with Crippen LogP contribution in [0.2, 0.25) is 0 Å². The van der Waals surface area contributed by atoms with E-state index in [9.17, 15) is 17.6 Å². The Kier molecular flexibility index (Phi) is 4.93. The number of halogens is 1. The third-order valence-corrected chi connectivity index (χ3v) is 7.18. The lowest BCUT2D eigenvalue weighted by Crippen LogP contribution is -2.37. The van der Waals surface area contributed by atoms with Crippen LogP contribution in [0.25, 0.3) is 0 Å². The Balaban J connectivity index is 1.86. The smallest absolute Gasteiger partial charge is 0.274 e. The van der Waals surface area contributed by atoms with Gasteiger partial charge in [0.1, 0.15) is 12.4 Å². The Morgan fingerprint density at radius 1 is 1.38 bits per heavy atom. The fourth-order valence-electron chi connectivity index (χ4n) is 2.87. The number of hydrogen-bond acceptors (Lipinski definition) is 5. The zero-order chi connectivity index (χ0) is 17.3. The Morgan fingerprint density at radius 2 is 2.08 bits per heavy atom. The van der Waals surface area contributed by atoms with Crippen molar-refractivity contribution in [1.82, 2.24) is 4.90 Å². The van der Waals surface area contributed by atoms with Crippen LogP contribution in [0.5, 0.6) is 0 Å².